The largest absolute Gasteiger partial charge is 0.464 e. The normalized spacial score (nSPS) is 20.8. The molecule has 0 aliphatic heterocycles. The molecule has 2 aromatic rings. The van der Waals surface area contributed by atoms with Crippen LogP contribution in [-0.2, 0) is 10.2 Å². The zero-order valence-electron chi connectivity index (χ0n) is 11.3. The molecule has 1 aromatic carbocycles. The molecule has 4 heteroatoms. The van der Waals surface area contributed by atoms with Crippen molar-refractivity contribution in [1.29, 1.82) is 0 Å². The number of ketones is 1. The zero-order valence-corrected chi connectivity index (χ0v) is 11.3. The number of hydrogen-bond donors (Lipinski definition) is 1. The number of hydrogen-bond acceptors (Lipinski definition) is 4. The molecule has 0 bridgehead atoms. The van der Waals surface area contributed by atoms with E-state index in [1.165, 1.54) is 6.26 Å². The average molecular weight is 282 g/mol. The van der Waals surface area contributed by atoms with E-state index in [-0.39, 0.29) is 11.0 Å². The fraction of sp³-hybridized carbons (Fsp3) is 0.176. The molecule has 3 rings (SSSR count). The van der Waals surface area contributed by atoms with Gasteiger partial charge in [-0.2, -0.15) is 0 Å². The lowest BCUT2D eigenvalue weighted by Crippen LogP contribution is -2.40. The van der Waals surface area contributed by atoms with E-state index in [2.05, 4.69) is 0 Å². The molecular formula is C17H14O4. The van der Waals surface area contributed by atoms with Crippen LogP contribution in [0.25, 0.3) is 11.0 Å². The second-order valence-corrected chi connectivity index (χ2v) is 5.02. The fourth-order valence-electron chi connectivity index (χ4n) is 2.70. The molecule has 1 aromatic heterocycles. The molecule has 1 heterocycles. The molecule has 0 saturated carbocycles. The van der Waals surface area contributed by atoms with Crippen molar-refractivity contribution in [3.63, 3.8) is 0 Å². The topological polar surface area (TPSA) is 67.5 Å². The SMILES string of the molecule is O=C(CO)C1(c2coc3ccccc3c2=O)C=CC=CC1. The van der Waals surface area contributed by atoms with Gasteiger partial charge in [-0.3, -0.25) is 9.59 Å². The van der Waals surface area contributed by atoms with E-state index in [0.717, 1.165) is 0 Å². The lowest BCUT2D eigenvalue weighted by Gasteiger charge is -2.28. The predicted molar refractivity (Wildman–Crippen MR) is 79.2 cm³/mol. The van der Waals surface area contributed by atoms with Gasteiger partial charge in [0.05, 0.1) is 22.6 Å². The van der Waals surface area contributed by atoms with Crippen LogP contribution in [0, 0.1) is 0 Å². The highest BCUT2D eigenvalue weighted by molar-refractivity contribution is 5.94. The van der Waals surface area contributed by atoms with Crippen molar-refractivity contribution in [2.75, 3.05) is 6.61 Å². The molecular weight excluding hydrogens is 268 g/mol. The summed E-state index contributed by atoms with van der Waals surface area (Å²) in [4.78, 5) is 25.0. The van der Waals surface area contributed by atoms with Crippen molar-refractivity contribution < 1.29 is 14.3 Å². The van der Waals surface area contributed by atoms with Crippen molar-refractivity contribution in [1.82, 2.24) is 0 Å². The smallest absolute Gasteiger partial charge is 0.197 e. The number of aliphatic hydroxyl groups is 1. The Morgan fingerprint density at radius 3 is 2.81 bits per heavy atom. The maximum Gasteiger partial charge on any atom is 0.197 e. The van der Waals surface area contributed by atoms with Crippen LogP contribution < -0.4 is 5.43 Å². The van der Waals surface area contributed by atoms with Crippen molar-refractivity contribution in [2.45, 2.75) is 11.8 Å². The number of carbonyl (C=O) groups excluding carboxylic acids is 1. The molecule has 1 aliphatic rings. The molecule has 0 spiro atoms. The van der Waals surface area contributed by atoms with Gasteiger partial charge >= 0.3 is 0 Å². The third kappa shape index (κ3) is 2.04. The molecule has 0 fully saturated rings. The minimum Gasteiger partial charge on any atom is -0.464 e. The number of aliphatic hydroxyl groups excluding tert-OH is 1. The first-order chi connectivity index (χ1) is 10.2. The van der Waals surface area contributed by atoms with Crippen LogP contribution in [0.2, 0.25) is 0 Å². The standard InChI is InChI=1S/C17H14O4/c18-10-15(19)17(8-4-1-5-9-17)13-11-21-14-7-3-2-6-12(14)16(13)20/h1-8,11,18H,9-10H2. The summed E-state index contributed by atoms with van der Waals surface area (Å²) < 4.78 is 5.50. The van der Waals surface area contributed by atoms with Gasteiger partial charge in [0, 0.05) is 0 Å². The molecule has 0 saturated heterocycles. The van der Waals surface area contributed by atoms with Crippen molar-refractivity contribution in [3.8, 4) is 0 Å². The third-order valence-corrected chi connectivity index (χ3v) is 3.87. The van der Waals surface area contributed by atoms with E-state index in [1.54, 1.807) is 36.4 Å². The summed E-state index contributed by atoms with van der Waals surface area (Å²) in [5, 5.41) is 9.71. The second-order valence-electron chi connectivity index (χ2n) is 5.02. The van der Waals surface area contributed by atoms with E-state index >= 15 is 0 Å². The van der Waals surface area contributed by atoms with Crippen LogP contribution in [0.5, 0.6) is 0 Å². The summed E-state index contributed by atoms with van der Waals surface area (Å²) in [5.41, 5.74) is -0.638. The van der Waals surface area contributed by atoms with Crippen LogP contribution in [-0.4, -0.2) is 17.5 Å². The van der Waals surface area contributed by atoms with Crippen LogP contribution in [0.4, 0.5) is 0 Å². The Labute approximate surface area is 121 Å². The van der Waals surface area contributed by atoms with Gasteiger partial charge in [-0.05, 0) is 18.6 Å². The summed E-state index contributed by atoms with van der Waals surface area (Å²) >= 11 is 0. The van der Waals surface area contributed by atoms with Crippen LogP contribution in [0.15, 0.2) is 64.0 Å². The van der Waals surface area contributed by atoms with E-state index in [0.29, 0.717) is 17.4 Å². The maximum absolute atomic E-state index is 12.7. The molecule has 0 radical (unpaired) electrons. The Balaban J connectivity index is 2.28. The first kappa shape index (κ1) is 13.5. The monoisotopic (exact) mass is 282 g/mol. The summed E-state index contributed by atoms with van der Waals surface area (Å²) in [6.45, 7) is -0.621. The number of benzene rings is 1. The molecule has 4 nitrogen and oxygen atoms in total. The molecule has 1 unspecified atom stereocenters. The highest BCUT2D eigenvalue weighted by Gasteiger charge is 2.39. The summed E-state index contributed by atoms with van der Waals surface area (Å²) in [5.74, 6) is -0.411. The molecule has 0 amide bonds. The minimum atomic E-state index is -1.14. The van der Waals surface area contributed by atoms with Crippen molar-refractivity contribution in [3.05, 3.63) is 70.6 Å². The molecule has 1 aliphatic carbocycles. The average Bonchev–Trinajstić information content (AvgIpc) is 2.55. The lowest BCUT2D eigenvalue weighted by molar-refractivity contribution is -0.125. The number of para-hydroxylation sites is 1. The van der Waals surface area contributed by atoms with Gasteiger partial charge in [0.2, 0.25) is 0 Å². The second kappa shape index (κ2) is 5.14. The maximum atomic E-state index is 12.7. The van der Waals surface area contributed by atoms with E-state index < -0.39 is 17.8 Å². The number of fused-ring (bicyclic) bond motifs is 1. The zero-order chi connectivity index (χ0) is 14.9. The Kier molecular flexibility index (Phi) is 3.31. The van der Waals surface area contributed by atoms with Crippen LogP contribution in [0.1, 0.15) is 12.0 Å². The first-order valence-electron chi connectivity index (χ1n) is 6.68. The number of Topliss-reactive ketones (excluding diaryl/α,β-unsaturated/α-hetero) is 1. The minimum absolute atomic E-state index is 0.237. The molecule has 21 heavy (non-hydrogen) atoms. The van der Waals surface area contributed by atoms with Crippen molar-refractivity contribution in [2.24, 2.45) is 0 Å². The number of allylic oxidation sites excluding steroid dienone is 4. The number of carbonyl (C=O) groups is 1. The van der Waals surface area contributed by atoms with Gasteiger partial charge in [-0.1, -0.05) is 36.4 Å². The Bertz CT molecular complexity index is 813. The van der Waals surface area contributed by atoms with E-state index in [1.807, 2.05) is 12.2 Å². The van der Waals surface area contributed by atoms with E-state index in [4.69, 9.17) is 4.42 Å². The van der Waals surface area contributed by atoms with Gasteiger partial charge in [-0.15, -0.1) is 0 Å². The molecule has 1 N–H and O–H groups in total. The molecule has 106 valence electrons. The van der Waals surface area contributed by atoms with Gasteiger partial charge in [0.25, 0.3) is 0 Å². The third-order valence-electron chi connectivity index (χ3n) is 3.87. The summed E-state index contributed by atoms with van der Waals surface area (Å²) in [6, 6.07) is 6.91. The van der Waals surface area contributed by atoms with Crippen LogP contribution >= 0.6 is 0 Å². The fourth-order valence-corrected chi connectivity index (χ4v) is 2.70. The Hall–Kier alpha value is -2.46. The Morgan fingerprint density at radius 2 is 2.10 bits per heavy atom. The Morgan fingerprint density at radius 1 is 1.29 bits per heavy atom. The summed E-state index contributed by atoms with van der Waals surface area (Å²) in [7, 11) is 0. The highest BCUT2D eigenvalue weighted by atomic mass is 16.3. The van der Waals surface area contributed by atoms with Crippen LogP contribution in [0.3, 0.4) is 0 Å². The van der Waals surface area contributed by atoms with Gasteiger partial charge in [0.15, 0.2) is 11.2 Å². The lowest BCUT2D eigenvalue weighted by atomic mass is 9.72. The van der Waals surface area contributed by atoms with Gasteiger partial charge in [0.1, 0.15) is 12.2 Å². The highest BCUT2D eigenvalue weighted by Crippen LogP contribution is 2.32. The first-order valence-corrected chi connectivity index (χ1v) is 6.68. The summed E-state index contributed by atoms with van der Waals surface area (Å²) in [6.07, 6.45) is 8.67. The van der Waals surface area contributed by atoms with Crippen molar-refractivity contribution >= 4 is 16.8 Å². The predicted octanol–water partition coefficient (Wildman–Crippen LogP) is 2.11. The molecule has 1 atom stereocenters. The van der Waals surface area contributed by atoms with E-state index in [9.17, 15) is 14.7 Å². The van der Waals surface area contributed by atoms with Gasteiger partial charge in [-0.25, -0.2) is 0 Å². The number of rotatable bonds is 3. The van der Waals surface area contributed by atoms with Gasteiger partial charge < -0.3 is 9.52 Å². The quantitative estimate of drug-likeness (QED) is 0.936.